The van der Waals surface area contributed by atoms with Crippen LogP contribution in [0.4, 0.5) is 0 Å². The van der Waals surface area contributed by atoms with Gasteiger partial charge in [-0.2, -0.15) is 0 Å². The van der Waals surface area contributed by atoms with Gasteiger partial charge in [-0.25, -0.2) is 0 Å². The first kappa shape index (κ1) is 23.6. The van der Waals surface area contributed by atoms with Crippen LogP contribution in [0.2, 0.25) is 0 Å². The predicted octanol–water partition coefficient (Wildman–Crippen LogP) is 11.9. The minimum absolute atomic E-state index is 0.918. The van der Waals surface area contributed by atoms with E-state index in [0.29, 0.717) is 0 Å². The van der Waals surface area contributed by atoms with Crippen molar-refractivity contribution in [1.29, 1.82) is 0 Å². The van der Waals surface area contributed by atoms with E-state index in [1.165, 1.54) is 59.5 Å². The maximum absolute atomic E-state index is 6.46. The highest BCUT2D eigenvalue weighted by Gasteiger charge is 2.21. The fraction of sp³-hybridized carbons (Fsp3) is 0. The molecule has 0 saturated carbocycles. The van der Waals surface area contributed by atoms with Gasteiger partial charge in [-0.15, -0.1) is 0 Å². The van der Waals surface area contributed by atoms with E-state index in [4.69, 9.17) is 4.42 Å². The molecule has 0 saturated heterocycles. The Hall–Kier alpha value is -5.05. The van der Waals surface area contributed by atoms with Gasteiger partial charge in [0.05, 0.1) is 0 Å². The molecule has 0 radical (unpaired) electrons. The molecule has 0 N–H and O–H groups in total. The zero-order valence-electron chi connectivity index (χ0n) is 22.7. The Morgan fingerprint density at radius 2 is 1.02 bits per heavy atom. The van der Waals surface area contributed by atoms with Gasteiger partial charge in [0, 0.05) is 31.5 Å². The van der Waals surface area contributed by atoms with E-state index in [1.807, 2.05) is 23.9 Å². The summed E-state index contributed by atoms with van der Waals surface area (Å²) in [6, 6.07) is 52.5. The van der Waals surface area contributed by atoms with Crippen molar-refractivity contribution in [1.82, 2.24) is 0 Å². The van der Waals surface area contributed by atoms with Crippen molar-refractivity contribution in [2.75, 3.05) is 0 Å². The maximum Gasteiger partial charge on any atom is 0.143 e. The van der Waals surface area contributed by atoms with E-state index in [9.17, 15) is 0 Å². The van der Waals surface area contributed by atoms with Crippen molar-refractivity contribution < 1.29 is 4.42 Å². The molecule has 1 aliphatic rings. The number of hydrogen-bond donors (Lipinski definition) is 0. The van der Waals surface area contributed by atoms with Crippen LogP contribution in [0.15, 0.2) is 160 Å². The first-order valence-corrected chi connectivity index (χ1v) is 15.1. The van der Waals surface area contributed by atoms with Crippen LogP contribution >= 0.6 is 11.8 Å². The summed E-state index contributed by atoms with van der Waals surface area (Å²) in [4.78, 5) is 2.64. The van der Waals surface area contributed by atoms with Crippen molar-refractivity contribution in [3.63, 3.8) is 0 Å². The Bertz CT molecular complexity index is 2340. The molecule has 0 unspecified atom stereocenters. The molecule has 7 aromatic carbocycles. The molecule has 0 aliphatic carbocycles. The second-order valence-electron chi connectivity index (χ2n) is 10.8. The maximum atomic E-state index is 6.46. The summed E-state index contributed by atoms with van der Waals surface area (Å²) in [5, 5.41) is 4.94. The van der Waals surface area contributed by atoms with Gasteiger partial charge in [-0.05, 0) is 68.6 Å². The number of rotatable bonds is 3. The number of furan rings is 1. The molecule has 0 amide bonds. The Morgan fingerprint density at radius 1 is 0.405 bits per heavy atom. The van der Waals surface area contributed by atoms with Gasteiger partial charge >= 0.3 is 0 Å². The lowest BCUT2D eigenvalue weighted by Gasteiger charge is -2.21. The van der Waals surface area contributed by atoms with Crippen LogP contribution in [-0.2, 0) is 0 Å². The van der Waals surface area contributed by atoms with Crippen LogP contribution in [-0.4, -0.2) is 0 Å². The molecular weight excluding hydrogens is 529 g/mol. The minimum atomic E-state index is 0.918. The van der Waals surface area contributed by atoms with Gasteiger partial charge in [0.2, 0.25) is 0 Å². The summed E-state index contributed by atoms with van der Waals surface area (Å²) < 4.78 is 6.46. The third-order valence-corrected chi connectivity index (χ3v) is 9.64. The van der Waals surface area contributed by atoms with Crippen molar-refractivity contribution in [3.05, 3.63) is 146 Å². The Kier molecular flexibility index (Phi) is 5.20. The van der Waals surface area contributed by atoms with Gasteiger partial charge in [0.25, 0.3) is 0 Å². The van der Waals surface area contributed by atoms with Crippen LogP contribution in [0.25, 0.3) is 77.2 Å². The molecule has 1 nitrogen and oxygen atoms in total. The van der Waals surface area contributed by atoms with Crippen molar-refractivity contribution >= 4 is 44.5 Å². The zero-order valence-corrected chi connectivity index (χ0v) is 23.5. The Labute approximate surface area is 248 Å². The van der Waals surface area contributed by atoms with Crippen LogP contribution in [0.3, 0.4) is 0 Å². The van der Waals surface area contributed by atoms with E-state index in [2.05, 4.69) is 133 Å². The molecule has 0 atom stereocenters. The molecule has 1 aromatic heterocycles. The quantitative estimate of drug-likeness (QED) is 0.216. The first-order valence-electron chi connectivity index (χ1n) is 14.3. The molecule has 2 heteroatoms. The molecule has 0 spiro atoms. The summed E-state index contributed by atoms with van der Waals surface area (Å²) in [5.74, 6) is 0. The highest BCUT2D eigenvalue weighted by molar-refractivity contribution is 7.99. The molecule has 1 aliphatic heterocycles. The molecule has 0 fully saturated rings. The average molecular weight is 553 g/mol. The van der Waals surface area contributed by atoms with E-state index in [-0.39, 0.29) is 0 Å². The molecule has 9 rings (SSSR count). The third kappa shape index (κ3) is 3.52. The van der Waals surface area contributed by atoms with Crippen molar-refractivity contribution in [3.8, 4) is 44.5 Å². The lowest BCUT2D eigenvalue weighted by Crippen LogP contribution is -1.94. The van der Waals surface area contributed by atoms with Crippen LogP contribution in [0.1, 0.15) is 0 Å². The second kappa shape index (κ2) is 9.24. The fourth-order valence-electron chi connectivity index (χ4n) is 6.61. The molecule has 8 aromatic rings. The van der Waals surface area contributed by atoms with Gasteiger partial charge in [0.1, 0.15) is 11.2 Å². The molecule has 0 bridgehead atoms. The van der Waals surface area contributed by atoms with E-state index < -0.39 is 0 Å². The largest absolute Gasteiger partial charge is 0.455 e. The predicted molar refractivity (Wildman–Crippen MR) is 177 cm³/mol. The smallest absolute Gasteiger partial charge is 0.143 e. The number of hydrogen-bond acceptors (Lipinski definition) is 2. The normalized spacial score (nSPS) is 12.2. The summed E-state index contributed by atoms with van der Waals surface area (Å²) in [7, 11) is 0. The molecule has 196 valence electrons. The third-order valence-electron chi connectivity index (χ3n) is 8.51. The van der Waals surface area contributed by atoms with Crippen molar-refractivity contribution in [2.24, 2.45) is 0 Å². The van der Waals surface area contributed by atoms with E-state index in [1.54, 1.807) is 0 Å². The zero-order chi connectivity index (χ0) is 27.6. The summed E-state index contributed by atoms with van der Waals surface area (Å²) in [6.07, 6.45) is 0. The highest BCUT2D eigenvalue weighted by atomic mass is 32.2. The van der Waals surface area contributed by atoms with Gasteiger partial charge in [0.15, 0.2) is 0 Å². The topological polar surface area (TPSA) is 13.1 Å². The van der Waals surface area contributed by atoms with Gasteiger partial charge in [-0.1, -0.05) is 133 Å². The number of para-hydroxylation sites is 2. The summed E-state index contributed by atoms with van der Waals surface area (Å²) in [6.45, 7) is 0. The summed E-state index contributed by atoms with van der Waals surface area (Å²) >= 11 is 1.87. The summed E-state index contributed by atoms with van der Waals surface area (Å²) in [5.41, 5.74) is 11.6. The van der Waals surface area contributed by atoms with Crippen molar-refractivity contribution in [2.45, 2.75) is 9.79 Å². The standard InChI is InChI=1S/C40H24OS/c1-2-13-28(29-14-3-4-15-30(29)33-18-9-19-34-31-16-5-6-20-36(31)41-40(33)34)27(12-1)26-22-23-37-35(24-26)32-17-7-10-25-11-8-21-38(42-37)39(25)32/h1-24H. The monoisotopic (exact) mass is 552 g/mol. The fourth-order valence-corrected chi connectivity index (χ4v) is 7.74. The average Bonchev–Trinajstić information content (AvgIpc) is 3.44. The van der Waals surface area contributed by atoms with Crippen LogP contribution < -0.4 is 0 Å². The minimum Gasteiger partial charge on any atom is -0.455 e. The second-order valence-corrected chi connectivity index (χ2v) is 11.9. The highest BCUT2D eigenvalue weighted by Crippen LogP contribution is 2.49. The van der Waals surface area contributed by atoms with Crippen LogP contribution in [0.5, 0.6) is 0 Å². The lowest BCUT2D eigenvalue weighted by molar-refractivity contribution is 0.670. The Balaban J connectivity index is 1.24. The molecular formula is C40H24OS. The lowest BCUT2D eigenvalue weighted by atomic mass is 9.88. The first-order chi connectivity index (χ1) is 20.8. The van der Waals surface area contributed by atoms with Crippen LogP contribution in [0, 0.1) is 0 Å². The van der Waals surface area contributed by atoms with E-state index in [0.717, 1.165) is 27.5 Å². The number of benzene rings is 7. The SMILES string of the molecule is c1ccc(-c2ccccc2-c2cccc3c2oc2ccccc23)c(-c2ccc3c(c2)-c2cccc4cccc(c24)S3)c1. The van der Waals surface area contributed by atoms with E-state index >= 15 is 0 Å². The molecule has 2 heterocycles. The number of fused-ring (bicyclic) bond motifs is 5. The Morgan fingerprint density at radius 3 is 1.88 bits per heavy atom. The van der Waals surface area contributed by atoms with Gasteiger partial charge < -0.3 is 4.42 Å². The molecule has 42 heavy (non-hydrogen) atoms. The van der Waals surface area contributed by atoms with Gasteiger partial charge in [-0.3, -0.25) is 0 Å².